The third kappa shape index (κ3) is 8.72. The summed E-state index contributed by atoms with van der Waals surface area (Å²) in [5.74, 6) is 0.577. The van der Waals surface area contributed by atoms with E-state index in [1.54, 1.807) is 0 Å². The Bertz CT molecular complexity index is 181. The van der Waals surface area contributed by atoms with E-state index in [9.17, 15) is 4.79 Å². The number of carbonyl (C=O) groups is 1. The molecule has 0 spiro atoms. The molecular formula is C13H27NO2. The molecule has 0 heterocycles. The first-order valence-corrected chi connectivity index (χ1v) is 6.50. The maximum Gasteiger partial charge on any atom is 0.220 e. The first kappa shape index (κ1) is 15.4. The van der Waals surface area contributed by atoms with Gasteiger partial charge < -0.3 is 10.4 Å². The van der Waals surface area contributed by atoms with E-state index >= 15 is 0 Å². The van der Waals surface area contributed by atoms with Crippen molar-refractivity contribution >= 4 is 5.91 Å². The molecule has 1 unspecified atom stereocenters. The summed E-state index contributed by atoms with van der Waals surface area (Å²) in [4.78, 5) is 11.5. The second-order valence-corrected chi connectivity index (χ2v) is 4.89. The normalized spacial score (nSPS) is 12.8. The van der Waals surface area contributed by atoms with Crippen LogP contribution in [0.2, 0.25) is 0 Å². The molecule has 0 rings (SSSR count). The van der Waals surface area contributed by atoms with Crippen molar-refractivity contribution in [3.8, 4) is 0 Å². The maximum atomic E-state index is 11.5. The summed E-state index contributed by atoms with van der Waals surface area (Å²) in [6, 6.07) is -0.0707. The molecule has 0 aliphatic carbocycles. The van der Waals surface area contributed by atoms with Gasteiger partial charge in [-0.15, -0.1) is 0 Å². The van der Waals surface area contributed by atoms with Crippen LogP contribution in [0.25, 0.3) is 0 Å². The highest BCUT2D eigenvalue weighted by molar-refractivity contribution is 5.76. The van der Waals surface area contributed by atoms with Crippen molar-refractivity contribution in [2.24, 2.45) is 5.92 Å². The number of carbonyl (C=O) groups excluding carboxylic acids is 1. The SMILES string of the molecule is CCCCCCC(=O)NC(CO)CC(C)C. The van der Waals surface area contributed by atoms with Gasteiger partial charge in [0.25, 0.3) is 0 Å². The van der Waals surface area contributed by atoms with Gasteiger partial charge in [0, 0.05) is 6.42 Å². The molecular weight excluding hydrogens is 202 g/mol. The van der Waals surface area contributed by atoms with Gasteiger partial charge in [-0.1, -0.05) is 40.0 Å². The van der Waals surface area contributed by atoms with Gasteiger partial charge in [0.05, 0.1) is 12.6 Å². The molecule has 0 saturated carbocycles. The fourth-order valence-electron chi connectivity index (χ4n) is 1.76. The molecule has 1 atom stereocenters. The zero-order chi connectivity index (χ0) is 12.4. The van der Waals surface area contributed by atoms with Gasteiger partial charge in [0.2, 0.25) is 5.91 Å². The average molecular weight is 229 g/mol. The molecule has 3 heteroatoms. The van der Waals surface area contributed by atoms with Crippen LogP contribution >= 0.6 is 0 Å². The van der Waals surface area contributed by atoms with Crippen LogP contribution in [0.3, 0.4) is 0 Å². The largest absolute Gasteiger partial charge is 0.394 e. The quantitative estimate of drug-likeness (QED) is 0.597. The highest BCUT2D eigenvalue weighted by Gasteiger charge is 2.12. The summed E-state index contributed by atoms with van der Waals surface area (Å²) in [6.45, 7) is 6.38. The molecule has 0 aromatic heterocycles. The highest BCUT2D eigenvalue weighted by atomic mass is 16.3. The Labute approximate surface area is 99.6 Å². The fraction of sp³-hybridized carbons (Fsp3) is 0.923. The summed E-state index contributed by atoms with van der Waals surface area (Å²) in [5.41, 5.74) is 0. The average Bonchev–Trinajstić information content (AvgIpc) is 2.23. The van der Waals surface area contributed by atoms with E-state index in [1.165, 1.54) is 12.8 Å². The number of amides is 1. The van der Waals surface area contributed by atoms with Crippen molar-refractivity contribution in [1.82, 2.24) is 5.32 Å². The van der Waals surface area contributed by atoms with E-state index in [2.05, 4.69) is 26.1 Å². The van der Waals surface area contributed by atoms with Gasteiger partial charge in [0.15, 0.2) is 0 Å². The third-order valence-corrected chi connectivity index (χ3v) is 2.60. The number of unbranched alkanes of at least 4 members (excludes halogenated alkanes) is 3. The van der Waals surface area contributed by atoms with Gasteiger partial charge in [-0.25, -0.2) is 0 Å². The van der Waals surface area contributed by atoms with Gasteiger partial charge >= 0.3 is 0 Å². The number of rotatable bonds is 9. The molecule has 2 N–H and O–H groups in total. The van der Waals surface area contributed by atoms with Gasteiger partial charge in [-0.2, -0.15) is 0 Å². The Kier molecular flexibility index (Phi) is 9.30. The first-order valence-electron chi connectivity index (χ1n) is 6.50. The number of hydrogen-bond acceptors (Lipinski definition) is 2. The van der Waals surface area contributed by atoms with Crippen molar-refractivity contribution in [2.75, 3.05) is 6.61 Å². The van der Waals surface area contributed by atoms with Crippen LogP contribution in [-0.2, 0) is 4.79 Å². The molecule has 0 aromatic rings. The smallest absolute Gasteiger partial charge is 0.220 e. The molecule has 0 aliphatic heterocycles. The van der Waals surface area contributed by atoms with E-state index in [0.29, 0.717) is 12.3 Å². The Morgan fingerprint density at radius 3 is 2.44 bits per heavy atom. The van der Waals surface area contributed by atoms with E-state index in [0.717, 1.165) is 19.3 Å². The Morgan fingerprint density at radius 1 is 1.25 bits per heavy atom. The third-order valence-electron chi connectivity index (χ3n) is 2.60. The zero-order valence-electron chi connectivity index (χ0n) is 11.0. The van der Waals surface area contributed by atoms with Crippen molar-refractivity contribution < 1.29 is 9.90 Å². The predicted molar refractivity (Wildman–Crippen MR) is 67.2 cm³/mol. The molecule has 0 radical (unpaired) electrons. The van der Waals surface area contributed by atoms with Crippen molar-refractivity contribution in [1.29, 1.82) is 0 Å². The van der Waals surface area contributed by atoms with Gasteiger partial charge in [0.1, 0.15) is 0 Å². The van der Waals surface area contributed by atoms with Crippen LogP contribution in [0.4, 0.5) is 0 Å². The molecule has 0 fully saturated rings. The second-order valence-electron chi connectivity index (χ2n) is 4.89. The fourth-order valence-corrected chi connectivity index (χ4v) is 1.76. The molecule has 0 bridgehead atoms. The lowest BCUT2D eigenvalue weighted by Gasteiger charge is -2.18. The lowest BCUT2D eigenvalue weighted by molar-refractivity contribution is -0.122. The minimum atomic E-state index is -0.0707. The molecule has 0 aliphatic rings. The summed E-state index contributed by atoms with van der Waals surface area (Å²) < 4.78 is 0. The minimum Gasteiger partial charge on any atom is -0.394 e. The topological polar surface area (TPSA) is 49.3 Å². The maximum absolute atomic E-state index is 11.5. The standard InChI is InChI=1S/C13H27NO2/c1-4-5-6-7-8-13(16)14-12(10-15)9-11(2)3/h11-12,15H,4-10H2,1-3H3,(H,14,16). The van der Waals surface area contributed by atoms with E-state index < -0.39 is 0 Å². The van der Waals surface area contributed by atoms with Crippen LogP contribution in [0.15, 0.2) is 0 Å². The van der Waals surface area contributed by atoms with Crippen molar-refractivity contribution in [2.45, 2.75) is 65.3 Å². The van der Waals surface area contributed by atoms with Crippen LogP contribution in [0.1, 0.15) is 59.3 Å². The van der Waals surface area contributed by atoms with Crippen LogP contribution in [0.5, 0.6) is 0 Å². The van der Waals surface area contributed by atoms with E-state index in [-0.39, 0.29) is 18.6 Å². The molecule has 16 heavy (non-hydrogen) atoms. The zero-order valence-corrected chi connectivity index (χ0v) is 11.0. The number of aliphatic hydroxyl groups is 1. The molecule has 0 aromatic carbocycles. The Balaban J connectivity index is 3.66. The lowest BCUT2D eigenvalue weighted by atomic mass is 10.0. The van der Waals surface area contributed by atoms with Gasteiger partial charge in [-0.05, 0) is 18.8 Å². The minimum absolute atomic E-state index is 0.0406. The monoisotopic (exact) mass is 229 g/mol. The summed E-state index contributed by atoms with van der Waals surface area (Å²) in [6.07, 6.45) is 5.90. The number of aliphatic hydroxyl groups excluding tert-OH is 1. The van der Waals surface area contributed by atoms with E-state index in [4.69, 9.17) is 5.11 Å². The second kappa shape index (κ2) is 9.64. The predicted octanol–water partition coefficient (Wildman–Crippen LogP) is 2.48. The molecule has 1 amide bonds. The molecule has 3 nitrogen and oxygen atoms in total. The number of hydrogen-bond donors (Lipinski definition) is 2. The molecule has 96 valence electrons. The Hall–Kier alpha value is -0.570. The van der Waals surface area contributed by atoms with Crippen LogP contribution < -0.4 is 5.32 Å². The van der Waals surface area contributed by atoms with Crippen LogP contribution in [-0.4, -0.2) is 23.7 Å². The first-order chi connectivity index (χ1) is 7.60. The van der Waals surface area contributed by atoms with Crippen molar-refractivity contribution in [3.63, 3.8) is 0 Å². The summed E-state index contributed by atoms with van der Waals surface area (Å²) in [7, 11) is 0. The Morgan fingerprint density at radius 2 is 1.94 bits per heavy atom. The summed E-state index contributed by atoms with van der Waals surface area (Å²) >= 11 is 0. The van der Waals surface area contributed by atoms with E-state index in [1.807, 2.05) is 0 Å². The van der Waals surface area contributed by atoms with Gasteiger partial charge in [-0.3, -0.25) is 4.79 Å². The molecule has 0 saturated heterocycles. The van der Waals surface area contributed by atoms with Crippen LogP contribution in [0, 0.1) is 5.92 Å². The van der Waals surface area contributed by atoms with Crippen molar-refractivity contribution in [3.05, 3.63) is 0 Å². The summed E-state index contributed by atoms with van der Waals surface area (Å²) in [5, 5.41) is 12.0. The highest BCUT2D eigenvalue weighted by Crippen LogP contribution is 2.06. The lowest BCUT2D eigenvalue weighted by Crippen LogP contribution is -2.38. The number of nitrogens with one attached hydrogen (secondary N) is 1.